The highest BCUT2D eigenvalue weighted by Crippen LogP contribution is 2.46. The minimum Gasteiger partial charge on any atom is -0.449 e. The standard InChI is InChI=1S/C22H27NO4/c1-17-22(27-21(2,3)26-17,18-11-6-4-7-12-18)15-10-16-25-20(24)23-19-13-8-5-9-14-19/h4-9,11-14,17H,10,15-16H2,1-3H3,(H,23,24)/t17-,22+/m1/s1. The lowest BCUT2D eigenvalue weighted by Gasteiger charge is -2.32. The van der Waals surface area contributed by atoms with Gasteiger partial charge in [0.05, 0.1) is 12.7 Å². The van der Waals surface area contributed by atoms with Gasteiger partial charge in [0, 0.05) is 5.69 Å². The highest BCUT2D eigenvalue weighted by Gasteiger charge is 2.51. The Morgan fingerprint density at radius 3 is 2.30 bits per heavy atom. The summed E-state index contributed by atoms with van der Waals surface area (Å²) in [4.78, 5) is 11.9. The second-order valence-corrected chi connectivity index (χ2v) is 7.25. The molecule has 1 heterocycles. The molecule has 5 nitrogen and oxygen atoms in total. The quantitative estimate of drug-likeness (QED) is 0.721. The van der Waals surface area contributed by atoms with Gasteiger partial charge in [-0.15, -0.1) is 0 Å². The van der Waals surface area contributed by atoms with Crippen LogP contribution >= 0.6 is 0 Å². The minimum atomic E-state index is -0.652. The second kappa shape index (κ2) is 8.11. The Bertz CT molecular complexity index is 747. The summed E-state index contributed by atoms with van der Waals surface area (Å²) < 4.78 is 17.7. The molecule has 1 N–H and O–H groups in total. The molecule has 0 saturated carbocycles. The van der Waals surface area contributed by atoms with Crippen molar-refractivity contribution in [2.75, 3.05) is 11.9 Å². The van der Waals surface area contributed by atoms with E-state index in [1.54, 1.807) is 0 Å². The summed E-state index contributed by atoms with van der Waals surface area (Å²) >= 11 is 0. The number of ether oxygens (including phenoxy) is 3. The number of carbonyl (C=O) groups is 1. The van der Waals surface area contributed by atoms with Crippen LogP contribution in [-0.4, -0.2) is 24.6 Å². The molecular formula is C22H27NO4. The highest BCUT2D eigenvalue weighted by molar-refractivity contribution is 5.84. The summed E-state index contributed by atoms with van der Waals surface area (Å²) in [7, 11) is 0. The topological polar surface area (TPSA) is 56.8 Å². The highest BCUT2D eigenvalue weighted by atomic mass is 16.8. The largest absolute Gasteiger partial charge is 0.449 e. The van der Waals surface area contributed by atoms with Gasteiger partial charge >= 0.3 is 6.09 Å². The number of nitrogens with one attached hydrogen (secondary N) is 1. The van der Waals surface area contributed by atoms with Gasteiger partial charge in [0.1, 0.15) is 5.60 Å². The number of para-hydroxylation sites is 1. The van der Waals surface area contributed by atoms with Gasteiger partial charge < -0.3 is 14.2 Å². The third-order valence-corrected chi connectivity index (χ3v) is 4.75. The van der Waals surface area contributed by atoms with Gasteiger partial charge in [0.15, 0.2) is 5.79 Å². The first-order valence-corrected chi connectivity index (χ1v) is 9.34. The van der Waals surface area contributed by atoms with Crippen LogP contribution in [0.2, 0.25) is 0 Å². The van der Waals surface area contributed by atoms with Crippen molar-refractivity contribution >= 4 is 11.8 Å². The van der Waals surface area contributed by atoms with Crippen molar-refractivity contribution in [2.24, 2.45) is 0 Å². The molecule has 2 aromatic rings. The van der Waals surface area contributed by atoms with E-state index in [2.05, 4.69) is 17.4 Å². The SMILES string of the molecule is C[C@H]1OC(C)(C)O[C@]1(CCCOC(=O)Nc1ccccc1)c1ccccc1. The average molecular weight is 369 g/mol. The zero-order valence-corrected chi connectivity index (χ0v) is 16.1. The number of benzene rings is 2. The van der Waals surface area contributed by atoms with E-state index >= 15 is 0 Å². The van der Waals surface area contributed by atoms with Crippen LogP contribution < -0.4 is 5.32 Å². The fraction of sp³-hybridized carbons (Fsp3) is 0.409. The molecule has 0 unspecified atom stereocenters. The Balaban J connectivity index is 1.59. The van der Waals surface area contributed by atoms with Gasteiger partial charge in [0.2, 0.25) is 0 Å². The van der Waals surface area contributed by atoms with Crippen molar-refractivity contribution in [1.82, 2.24) is 0 Å². The van der Waals surface area contributed by atoms with Gasteiger partial charge in [-0.1, -0.05) is 48.5 Å². The molecule has 2 aromatic carbocycles. The van der Waals surface area contributed by atoms with E-state index in [-0.39, 0.29) is 6.10 Å². The number of rotatable bonds is 6. The molecule has 1 amide bonds. The third-order valence-electron chi connectivity index (χ3n) is 4.75. The van der Waals surface area contributed by atoms with Crippen LogP contribution in [0.25, 0.3) is 0 Å². The maximum Gasteiger partial charge on any atom is 0.411 e. The maximum atomic E-state index is 11.9. The van der Waals surface area contributed by atoms with E-state index in [9.17, 15) is 4.79 Å². The predicted molar refractivity (Wildman–Crippen MR) is 104 cm³/mol. The van der Waals surface area contributed by atoms with Gasteiger partial charge in [-0.05, 0) is 51.3 Å². The summed E-state index contributed by atoms with van der Waals surface area (Å²) in [6.07, 6.45) is 0.807. The van der Waals surface area contributed by atoms with Crippen LogP contribution in [-0.2, 0) is 19.8 Å². The molecule has 3 rings (SSSR count). The zero-order valence-electron chi connectivity index (χ0n) is 16.1. The first-order chi connectivity index (χ1) is 12.9. The Hall–Kier alpha value is -2.37. The molecule has 144 valence electrons. The second-order valence-electron chi connectivity index (χ2n) is 7.25. The molecule has 5 heteroatoms. The Kier molecular flexibility index (Phi) is 5.82. The van der Waals surface area contributed by atoms with Gasteiger partial charge in [0.25, 0.3) is 0 Å². The number of hydrogen-bond acceptors (Lipinski definition) is 4. The molecule has 0 aromatic heterocycles. The number of carbonyl (C=O) groups excluding carboxylic acids is 1. The van der Waals surface area contributed by atoms with Gasteiger partial charge in [-0.2, -0.15) is 0 Å². The predicted octanol–water partition coefficient (Wildman–Crippen LogP) is 5.08. The van der Waals surface area contributed by atoms with Gasteiger partial charge in [-0.3, -0.25) is 5.32 Å². The number of hydrogen-bond donors (Lipinski definition) is 1. The molecule has 1 saturated heterocycles. The van der Waals surface area contributed by atoms with Crippen LogP contribution in [0.5, 0.6) is 0 Å². The Morgan fingerprint density at radius 2 is 1.70 bits per heavy atom. The van der Waals surface area contributed by atoms with E-state index in [4.69, 9.17) is 14.2 Å². The van der Waals surface area contributed by atoms with Crippen LogP contribution in [0, 0.1) is 0 Å². The molecule has 0 aliphatic carbocycles. The lowest BCUT2D eigenvalue weighted by molar-refractivity contribution is -0.167. The smallest absolute Gasteiger partial charge is 0.411 e. The van der Waals surface area contributed by atoms with Crippen molar-refractivity contribution in [3.05, 3.63) is 66.2 Å². The fourth-order valence-corrected chi connectivity index (χ4v) is 3.65. The first kappa shape index (κ1) is 19.4. The monoisotopic (exact) mass is 369 g/mol. The zero-order chi connectivity index (χ0) is 19.3. The summed E-state index contributed by atoms with van der Waals surface area (Å²) in [5.74, 6) is -0.652. The maximum absolute atomic E-state index is 11.9. The summed E-state index contributed by atoms with van der Waals surface area (Å²) in [5, 5.41) is 2.72. The van der Waals surface area contributed by atoms with Gasteiger partial charge in [-0.25, -0.2) is 4.79 Å². The molecule has 0 bridgehead atoms. The molecule has 0 radical (unpaired) electrons. The van der Waals surface area contributed by atoms with Crippen molar-refractivity contribution < 1.29 is 19.0 Å². The lowest BCUT2D eigenvalue weighted by Crippen LogP contribution is -2.36. The normalized spacial score (nSPS) is 23.7. The van der Waals surface area contributed by atoms with Crippen molar-refractivity contribution in [3.8, 4) is 0 Å². The van der Waals surface area contributed by atoms with E-state index in [1.807, 2.05) is 69.3 Å². The average Bonchev–Trinajstić information content (AvgIpc) is 2.89. The van der Waals surface area contributed by atoms with Crippen molar-refractivity contribution in [2.45, 2.75) is 51.1 Å². The molecule has 2 atom stereocenters. The first-order valence-electron chi connectivity index (χ1n) is 9.34. The molecule has 1 fully saturated rings. The molecule has 1 aliphatic rings. The van der Waals surface area contributed by atoms with Crippen molar-refractivity contribution in [3.63, 3.8) is 0 Å². The number of anilines is 1. The van der Waals surface area contributed by atoms with Crippen LogP contribution in [0.15, 0.2) is 60.7 Å². The lowest BCUT2D eigenvalue weighted by atomic mass is 9.85. The van der Waals surface area contributed by atoms with E-state index < -0.39 is 17.5 Å². The molecular weight excluding hydrogens is 342 g/mol. The van der Waals surface area contributed by atoms with E-state index in [0.29, 0.717) is 25.1 Å². The number of amides is 1. The van der Waals surface area contributed by atoms with Crippen LogP contribution in [0.1, 0.15) is 39.2 Å². The summed E-state index contributed by atoms with van der Waals surface area (Å²) in [6, 6.07) is 19.4. The van der Waals surface area contributed by atoms with Crippen molar-refractivity contribution in [1.29, 1.82) is 0 Å². The van der Waals surface area contributed by atoms with Crippen LogP contribution in [0.4, 0.5) is 10.5 Å². The summed E-state index contributed by atoms with van der Waals surface area (Å²) in [6.45, 7) is 6.20. The third kappa shape index (κ3) is 4.67. The molecule has 27 heavy (non-hydrogen) atoms. The summed E-state index contributed by atoms with van der Waals surface area (Å²) in [5.41, 5.74) is 1.24. The van der Waals surface area contributed by atoms with E-state index in [1.165, 1.54) is 0 Å². The molecule has 1 aliphatic heterocycles. The molecule has 0 spiro atoms. The Labute approximate surface area is 160 Å². The fourth-order valence-electron chi connectivity index (χ4n) is 3.65. The van der Waals surface area contributed by atoms with E-state index in [0.717, 1.165) is 5.56 Å². The van der Waals surface area contributed by atoms with Crippen LogP contribution in [0.3, 0.4) is 0 Å². The minimum absolute atomic E-state index is 0.104. The Morgan fingerprint density at radius 1 is 1.07 bits per heavy atom.